The maximum absolute atomic E-state index is 5.25. The fourth-order valence-electron chi connectivity index (χ4n) is 3.67. The number of nitrogens with zero attached hydrogens (tertiary/aromatic N) is 6. The number of ether oxygens (including phenoxy) is 1. The normalized spacial score (nSPS) is 16.9. The fourth-order valence-corrected chi connectivity index (χ4v) is 3.67. The molecule has 0 spiro atoms. The average molecular weight is 361 g/mol. The maximum atomic E-state index is 5.25. The maximum Gasteiger partial charge on any atom is 0.200 e. The molecule has 1 saturated heterocycles. The van der Waals surface area contributed by atoms with E-state index in [-0.39, 0.29) is 0 Å². The third kappa shape index (κ3) is 2.79. The Labute approximate surface area is 155 Å². The van der Waals surface area contributed by atoms with Crippen LogP contribution >= 0.6 is 0 Å². The molecule has 8 heteroatoms. The molecule has 0 amide bonds. The Morgan fingerprint density at radius 1 is 1.19 bits per heavy atom. The van der Waals surface area contributed by atoms with Crippen LogP contribution in [0.15, 0.2) is 48.9 Å². The number of hydrogen-bond acceptors (Lipinski definition) is 6. The van der Waals surface area contributed by atoms with Gasteiger partial charge in [-0.05, 0) is 42.8 Å². The predicted octanol–water partition coefficient (Wildman–Crippen LogP) is 2.52. The van der Waals surface area contributed by atoms with E-state index < -0.39 is 0 Å². The highest BCUT2D eigenvalue weighted by molar-refractivity contribution is 5.74. The number of fused-ring (bicyclic) bond motifs is 1. The van der Waals surface area contributed by atoms with Crippen molar-refractivity contribution in [3.63, 3.8) is 0 Å². The summed E-state index contributed by atoms with van der Waals surface area (Å²) in [4.78, 5) is 2.35. The number of benzene rings is 1. The SMILES string of the molecule is COc1ccc(-c2cc(N3CCC(c4ccn[nH]4)C3)c3nncn3n2)cc1. The summed E-state index contributed by atoms with van der Waals surface area (Å²) < 4.78 is 7.00. The highest BCUT2D eigenvalue weighted by Crippen LogP contribution is 2.33. The molecule has 0 saturated carbocycles. The largest absolute Gasteiger partial charge is 0.497 e. The van der Waals surface area contributed by atoms with Gasteiger partial charge in [-0.3, -0.25) is 5.10 Å². The molecule has 1 N–H and O–H groups in total. The van der Waals surface area contributed by atoms with Crippen LogP contribution in [0.3, 0.4) is 0 Å². The molecule has 8 nitrogen and oxygen atoms in total. The van der Waals surface area contributed by atoms with Crippen molar-refractivity contribution in [3.05, 3.63) is 54.6 Å². The second kappa shape index (κ2) is 6.39. The number of rotatable bonds is 4. The molecule has 1 atom stereocenters. The van der Waals surface area contributed by atoms with Gasteiger partial charge in [-0.1, -0.05) is 0 Å². The van der Waals surface area contributed by atoms with Crippen molar-refractivity contribution in [2.45, 2.75) is 12.3 Å². The molecule has 5 rings (SSSR count). The minimum absolute atomic E-state index is 0.438. The van der Waals surface area contributed by atoms with Gasteiger partial charge in [0.15, 0.2) is 0 Å². The summed E-state index contributed by atoms with van der Waals surface area (Å²) in [5.41, 5.74) is 4.91. The number of H-pyrrole nitrogens is 1. The Bertz CT molecular complexity index is 1060. The number of nitrogens with one attached hydrogen (secondary N) is 1. The minimum atomic E-state index is 0.438. The van der Waals surface area contributed by atoms with Gasteiger partial charge >= 0.3 is 0 Å². The van der Waals surface area contributed by atoms with Gasteiger partial charge in [-0.2, -0.15) is 14.7 Å². The molecule has 1 fully saturated rings. The van der Waals surface area contributed by atoms with Gasteiger partial charge in [0.1, 0.15) is 12.1 Å². The van der Waals surface area contributed by atoms with E-state index in [4.69, 9.17) is 4.74 Å². The highest BCUT2D eigenvalue weighted by Gasteiger charge is 2.27. The first kappa shape index (κ1) is 15.8. The Morgan fingerprint density at radius 2 is 2.07 bits per heavy atom. The molecule has 27 heavy (non-hydrogen) atoms. The highest BCUT2D eigenvalue weighted by atomic mass is 16.5. The van der Waals surface area contributed by atoms with Crippen LogP contribution in [0.5, 0.6) is 5.75 Å². The minimum Gasteiger partial charge on any atom is -0.497 e. The molecule has 4 heterocycles. The van der Waals surface area contributed by atoms with Crippen LogP contribution in [0.4, 0.5) is 5.69 Å². The fraction of sp³-hybridized carbons (Fsp3) is 0.263. The van der Waals surface area contributed by atoms with Crippen molar-refractivity contribution in [2.75, 3.05) is 25.1 Å². The molecule has 1 aromatic carbocycles. The molecule has 4 aromatic rings. The summed E-state index contributed by atoms with van der Waals surface area (Å²) >= 11 is 0. The van der Waals surface area contributed by atoms with Crippen LogP contribution in [0, 0.1) is 0 Å². The third-order valence-corrected chi connectivity index (χ3v) is 5.13. The van der Waals surface area contributed by atoms with E-state index in [0.717, 1.165) is 47.9 Å². The molecule has 0 bridgehead atoms. The summed E-state index contributed by atoms with van der Waals surface area (Å²) in [7, 11) is 1.66. The van der Waals surface area contributed by atoms with E-state index in [9.17, 15) is 0 Å². The zero-order chi connectivity index (χ0) is 18.2. The van der Waals surface area contributed by atoms with E-state index in [1.165, 1.54) is 5.69 Å². The van der Waals surface area contributed by atoms with Gasteiger partial charge in [0.2, 0.25) is 5.65 Å². The first-order chi connectivity index (χ1) is 13.3. The quantitative estimate of drug-likeness (QED) is 0.601. The van der Waals surface area contributed by atoms with Gasteiger partial charge in [-0.15, -0.1) is 10.2 Å². The molecule has 1 aliphatic rings. The van der Waals surface area contributed by atoms with Crippen molar-refractivity contribution in [2.24, 2.45) is 0 Å². The third-order valence-electron chi connectivity index (χ3n) is 5.13. The lowest BCUT2D eigenvalue weighted by molar-refractivity contribution is 0.415. The zero-order valence-electron chi connectivity index (χ0n) is 14.9. The Balaban J connectivity index is 1.52. The first-order valence-corrected chi connectivity index (χ1v) is 8.91. The number of hydrogen-bond donors (Lipinski definition) is 1. The van der Waals surface area contributed by atoms with Gasteiger partial charge in [0.05, 0.1) is 18.5 Å². The van der Waals surface area contributed by atoms with Crippen molar-refractivity contribution in [3.8, 4) is 17.0 Å². The number of aromatic nitrogens is 6. The number of aromatic amines is 1. The van der Waals surface area contributed by atoms with Gasteiger partial charge in [0, 0.05) is 36.5 Å². The lowest BCUT2D eigenvalue weighted by Crippen LogP contribution is -2.20. The molecular formula is C19H19N7O. The molecule has 1 unspecified atom stereocenters. The monoisotopic (exact) mass is 361 g/mol. The molecule has 1 aliphatic heterocycles. The van der Waals surface area contributed by atoms with Gasteiger partial charge < -0.3 is 9.64 Å². The van der Waals surface area contributed by atoms with E-state index in [1.807, 2.05) is 30.5 Å². The molecule has 0 aliphatic carbocycles. The topological polar surface area (TPSA) is 84.2 Å². The molecule has 3 aromatic heterocycles. The summed E-state index contributed by atoms with van der Waals surface area (Å²) in [5.74, 6) is 1.26. The van der Waals surface area contributed by atoms with E-state index >= 15 is 0 Å². The molecular weight excluding hydrogens is 342 g/mol. The molecule has 0 radical (unpaired) electrons. The lowest BCUT2D eigenvalue weighted by atomic mass is 10.1. The smallest absolute Gasteiger partial charge is 0.200 e. The zero-order valence-corrected chi connectivity index (χ0v) is 14.9. The second-order valence-electron chi connectivity index (χ2n) is 6.69. The van der Waals surface area contributed by atoms with Gasteiger partial charge in [-0.25, -0.2) is 0 Å². The van der Waals surface area contributed by atoms with Crippen molar-refractivity contribution >= 4 is 11.3 Å². The van der Waals surface area contributed by atoms with Gasteiger partial charge in [0.25, 0.3) is 0 Å². The number of methoxy groups -OCH3 is 1. The first-order valence-electron chi connectivity index (χ1n) is 8.91. The van der Waals surface area contributed by atoms with Crippen LogP contribution in [-0.4, -0.2) is 50.2 Å². The van der Waals surface area contributed by atoms with Crippen LogP contribution in [0.1, 0.15) is 18.0 Å². The van der Waals surface area contributed by atoms with E-state index in [0.29, 0.717) is 5.92 Å². The van der Waals surface area contributed by atoms with Crippen LogP contribution in [0.2, 0.25) is 0 Å². The number of anilines is 1. The van der Waals surface area contributed by atoms with Crippen LogP contribution in [-0.2, 0) is 0 Å². The summed E-state index contributed by atoms with van der Waals surface area (Å²) in [6.45, 7) is 1.87. The van der Waals surface area contributed by atoms with E-state index in [2.05, 4.69) is 42.5 Å². The molecule has 136 valence electrons. The second-order valence-corrected chi connectivity index (χ2v) is 6.69. The standard InChI is InChI=1S/C19H19N7O/c1-27-15-4-2-13(3-5-15)17-10-18(19-23-21-12-26(19)24-17)25-9-7-14(11-25)16-6-8-20-22-16/h2-6,8,10,12,14H,7,9,11H2,1H3,(H,20,22). The summed E-state index contributed by atoms with van der Waals surface area (Å²) in [5, 5.41) is 20.2. The summed E-state index contributed by atoms with van der Waals surface area (Å²) in [6.07, 6.45) is 4.53. The summed E-state index contributed by atoms with van der Waals surface area (Å²) in [6, 6.07) is 12.1. The average Bonchev–Trinajstić information content (AvgIpc) is 3.48. The Morgan fingerprint density at radius 3 is 2.85 bits per heavy atom. The Hall–Kier alpha value is -3.42. The lowest BCUT2D eigenvalue weighted by Gasteiger charge is -2.19. The van der Waals surface area contributed by atoms with Crippen LogP contribution in [0.25, 0.3) is 16.9 Å². The Kier molecular flexibility index (Phi) is 3.74. The van der Waals surface area contributed by atoms with Crippen molar-refractivity contribution in [1.82, 2.24) is 30.0 Å². The predicted molar refractivity (Wildman–Crippen MR) is 101 cm³/mol. The van der Waals surface area contributed by atoms with Crippen LogP contribution < -0.4 is 9.64 Å². The van der Waals surface area contributed by atoms with E-state index in [1.54, 1.807) is 18.0 Å². The van der Waals surface area contributed by atoms with Crippen molar-refractivity contribution < 1.29 is 4.74 Å². The van der Waals surface area contributed by atoms with Crippen molar-refractivity contribution in [1.29, 1.82) is 0 Å².